The molecule has 1 aliphatic rings. The summed E-state index contributed by atoms with van der Waals surface area (Å²) in [6.45, 7) is 0. The molecule has 0 aliphatic heterocycles. The molecule has 4 nitrogen and oxygen atoms in total. The lowest BCUT2D eigenvalue weighted by atomic mass is 9.94. The van der Waals surface area contributed by atoms with Gasteiger partial charge in [-0.05, 0) is 134 Å². The van der Waals surface area contributed by atoms with Crippen molar-refractivity contribution in [2.45, 2.75) is 6.42 Å². The van der Waals surface area contributed by atoms with E-state index >= 15 is 0 Å². The summed E-state index contributed by atoms with van der Waals surface area (Å²) >= 11 is 0. The molecule has 0 fully saturated rings. The third kappa shape index (κ3) is 6.72. The van der Waals surface area contributed by atoms with Gasteiger partial charge in [-0.2, -0.15) is 0 Å². The Hall–Kier alpha value is -6.00. The Balaban J connectivity index is 1.22. The summed E-state index contributed by atoms with van der Waals surface area (Å²) in [7, 11) is 6.77. The molecule has 0 saturated heterocycles. The topological polar surface area (TPSA) is 36.9 Å². The molecule has 49 heavy (non-hydrogen) atoms. The summed E-state index contributed by atoms with van der Waals surface area (Å²) < 4.78 is 21.7. The van der Waals surface area contributed by atoms with E-state index in [-0.39, 0.29) is 0 Å². The van der Waals surface area contributed by atoms with Crippen molar-refractivity contribution in [3.8, 4) is 34.1 Å². The molecule has 0 atom stereocenters. The minimum Gasteiger partial charge on any atom is -0.497 e. The quantitative estimate of drug-likeness (QED) is 0.139. The van der Waals surface area contributed by atoms with Gasteiger partial charge in [0.25, 0.3) is 0 Å². The minimum absolute atomic E-state index is 0.836. The van der Waals surface area contributed by atoms with Gasteiger partial charge < -0.3 is 18.9 Å². The lowest BCUT2D eigenvalue weighted by Gasteiger charge is -2.12. The van der Waals surface area contributed by atoms with Gasteiger partial charge in [0.2, 0.25) is 0 Å². The maximum Gasteiger partial charge on any atom is 0.118 e. The fourth-order valence-corrected chi connectivity index (χ4v) is 6.51. The average Bonchev–Trinajstić information content (AvgIpc) is 3.53. The third-order valence-corrected chi connectivity index (χ3v) is 9.16. The van der Waals surface area contributed by atoms with Crippen LogP contribution in [-0.2, 0) is 6.42 Å². The predicted octanol–water partition coefficient (Wildman–Crippen LogP) is 10.5. The molecule has 6 aromatic rings. The van der Waals surface area contributed by atoms with Gasteiger partial charge in [0.15, 0.2) is 0 Å². The Kier molecular flexibility index (Phi) is 9.03. The van der Waals surface area contributed by atoms with Crippen LogP contribution in [0.4, 0.5) is 0 Å². The van der Waals surface area contributed by atoms with Gasteiger partial charge in [-0.1, -0.05) is 84.9 Å². The fourth-order valence-electron chi connectivity index (χ4n) is 6.51. The van der Waals surface area contributed by atoms with Crippen LogP contribution in [0.15, 0.2) is 133 Å². The second-order valence-corrected chi connectivity index (χ2v) is 12.0. The molecule has 0 N–H and O–H groups in total. The standard InChI is InChI=1S/C45H38O4/c1-46-38-15-7-32(8-16-38)44(33-9-17-39(47-2)18-10-33)27-30-5-23-42-36(25-30)29-37-26-31(6-24-43(37)42)28-45(34-11-19-40(48-3)20-12-34)35-13-21-41(49-4)22-14-35/h5-28H,29H2,1-4H3. The Labute approximate surface area is 288 Å². The van der Waals surface area contributed by atoms with Gasteiger partial charge in [-0.15, -0.1) is 0 Å². The molecule has 0 amide bonds. The number of hydrogen-bond donors (Lipinski definition) is 0. The van der Waals surface area contributed by atoms with Crippen LogP contribution in [0.25, 0.3) is 34.4 Å². The maximum absolute atomic E-state index is 5.43. The van der Waals surface area contributed by atoms with Gasteiger partial charge in [0.05, 0.1) is 28.4 Å². The highest BCUT2D eigenvalue weighted by Crippen LogP contribution is 2.39. The van der Waals surface area contributed by atoms with Gasteiger partial charge in [0, 0.05) is 0 Å². The van der Waals surface area contributed by atoms with Crippen LogP contribution >= 0.6 is 0 Å². The van der Waals surface area contributed by atoms with E-state index in [1.165, 1.54) is 22.3 Å². The van der Waals surface area contributed by atoms with E-state index in [0.717, 1.165) is 73.9 Å². The fraction of sp³-hybridized carbons (Fsp3) is 0.111. The molecule has 0 radical (unpaired) electrons. The molecule has 0 unspecified atom stereocenters. The van der Waals surface area contributed by atoms with E-state index in [0.29, 0.717) is 0 Å². The lowest BCUT2D eigenvalue weighted by molar-refractivity contribution is 0.414. The highest BCUT2D eigenvalue weighted by molar-refractivity contribution is 5.94. The Morgan fingerprint density at radius 2 is 0.673 bits per heavy atom. The maximum atomic E-state index is 5.43. The molecule has 6 aromatic carbocycles. The molecule has 0 bridgehead atoms. The van der Waals surface area contributed by atoms with Crippen LogP contribution in [0.2, 0.25) is 0 Å². The summed E-state index contributed by atoms with van der Waals surface area (Å²) in [6.07, 6.45) is 5.43. The van der Waals surface area contributed by atoms with Crippen LogP contribution in [0.5, 0.6) is 23.0 Å². The molecule has 0 heterocycles. The van der Waals surface area contributed by atoms with Crippen LogP contribution in [0.3, 0.4) is 0 Å². The van der Waals surface area contributed by atoms with Crippen LogP contribution in [0.1, 0.15) is 44.5 Å². The van der Waals surface area contributed by atoms with Gasteiger partial charge in [-0.3, -0.25) is 0 Å². The molecule has 1 aliphatic carbocycles. The molecular formula is C45H38O4. The van der Waals surface area contributed by atoms with E-state index in [4.69, 9.17) is 18.9 Å². The van der Waals surface area contributed by atoms with Crippen LogP contribution in [0, 0.1) is 0 Å². The van der Waals surface area contributed by atoms with E-state index < -0.39 is 0 Å². The van der Waals surface area contributed by atoms with Gasteiger partial charge in [-0.25, -0.2) is 0 Å². The summed E-state index contributed by atoms with van der Waals surface area (Å²) in [5, 5.41) is 0. The van der Waals surface area contributed by atoms with Gasteiger partial charge in [0.1, 0.15) is 23.0 Å². The highest BCUT2D eigenvalue weighted by atomic mass is 16.5. The van der Waals surface area contributed by atoms with Crippen molar-refractivity contribution in [3.05, 3.63) is 178 Å². The largest absolute Gasteiger partial charge is 0.497 e. The van der Waals surface area contributed by atoms with E-state index in [1.54, 1.807) is 28.4 Å². The first-order valence-corrected chi connectivity index (χ1v) is 16.3. The normalized spacial score (nSPS) is 11.2. The first-order chi connectivity index (χ1) is 24.0. The SMILES string of the molecule is COc1ccc(C(=Cc2ccc3c(c2)Cc2cc(C=C(c4ccc(OC)cc4)c4ccc(OC)cc4)ccc2-3)c2ccc(OC)cc2)cc1. The zero-order valence-electron chi connectivity index (χ0n) is 28.2. The van der Waals surface area contributed by atoms with E-state index in [9.17, 15) is 0 Å². The van der Waals surface area contributed by atoms with Gasteiger partial charge >= 0.3 is 0 Å². The molecular weight excluding hydrogens is 604 g/mol. The number of fused-ring (bicyclic) bond motifs is 3. The zero-order valence-corrected chi connectivity index (χ0v) is 28.2. The van der Waals surface area contributed by atoms with Crippen molar-refractivity contribution < 1.29 is 18.9 Å². The second kappa shape index (κ2) is 14.0. The van der Waals surface area contributed by atoms with Crippen LogP contribution < -0.4 is 18.9 Å². The number of hydrogen-bond acceptors (Lipinski definition) is 4. The molecule has 0 spiro atoms. The molecule has 4 heteroatoms. The first-order valence-electron chi connectivity index (χ1n) is 16.3. The molecule has 242 valence electrons. The second-order valence-electron chi connectivity index (χ2n) is 12.0. The zero-order chi connectivity index (χ0) is 33.7. The Bertz CT molecular complexity index is 1880. The molecule has 0 aromatic heterocycles. The Morgan fingerprint density at radius 3 is 0.939 bits per heavy atom. The molecule has 0 saturated carbocycles. The van der Waals surface area contributed by atoms with Crippen molar-refractivity contribution in [1.82, 2.24) is 0 Å². The van der Waals surface area contributed by atoms with Crippen molar-refractivity contribution >= 4 is 23.3 Å². The van der Waals surface area contributed by atoms with E-state index in [2.05, 4.69) is 97.1 Å². The monoisotopic (exact) mass is 642 g/mol. The van der Waals surface area contributed by atoms with Crippen molar-refractivity contribution in [2.75, 3.05) is 28.4 Å². The third-order valence-electron chi connectivity index (χ3n) is 9.16. The predicted molar refractivity (Wildman–Crippen MR) is 201 cm³/mol. The molecule has 7 rings (SSSR count). The van der Waals surface area contributed by atoms with Crippen molar-refractivity contribution in [2.24, 2.45) is 0 Å². The summed E-state index contributed by atoms with van der Waals surface area (Å²) in [6, 6.07) is 46.6. The number of benzene rings is 6. The lowest BCUT2D eigenvalue weighted by Crippen LogP contribution is -1.91. The number of rotatable bonds is 10. The summed E-state index contributed by atoms with van der Waals surface area (Å²) in [5.74, 6) is 3.34. The van der Waals surface area contributed by atoms with Crippen molar-refractivity contribution in [3.63, 3.8) is 0 Å². The minimum atomic E-state index is 0.836. The van der Waals surface area contributed by atoms with E-state index in [1.807, 2.05) is 48.5 Å². The Morgan fingerprint density at radius 1 is 0.388 bits per heavy atom. The highest BCUT2D eigenvalue weighted by Gasteiger charge is 2.19. The van der Waals surface area contributed by atoms with Crippen LogP contribution in [-0.4, -0.2) is 28.4 Å². The number of methoxy groups -OCH3 is 4. The first kappa shape index (κ1) is 31.6. The van der Waals surface area contributed by atoms with Crippen molar-refractivity contribution in [1.29, 1.82) is 0 Å². The summed E-state index contributed by atoms with van der Waals surface area (Å²) in [4.78, 5) is 0. The average molecular weight is 643 g/mol. The summed E-state index contributed by atoms with van der Waals surface area (Å²) in [5.41, 5.74) is 14.3. The number of ether oxygens (including phenoxy) is 4. The smallest absolute Gasteiger partial charge is 0.118 e.